The molecule has 0 radical (unpaired) electrons. The van der Waals surface area contributed by atoms with Gasteiger partial charge in [0.1, 0.15) is 5.75 Å². The zero-order valence-electron chi connectivity index (χ0n) is 18.6. The molecule has 1 saturated heterocycles. The molecule has 3 rings (SSSR count). The van der Waals surface area contributed by atoms with Crippen LogP contribution < -0.4 is 15.4 Å². The van der Waals surface area contributed by atoms with E-state index in [2.05, 4.69) is 10.6 Å². The zero-order chi connectivity index (χ0) is 23.7. The Bertz CT molecular complexity index is 1060. The Balaban J connectivity index is 1.42. The molecular formula is C24H29N3O5S. The number of piperidine rings is 1. The highest BCUT2D eigenvalue weighted by molar-refractivity contribution is 7.92. The minimum absolute atomic E-state index is 0.148. The molecule has 176 valence electrons. The molecule has 0 unspecified atom stereocenters. The molecule has 1 heterocycles. The van der Waals surface area contributed by atoms with E-state index in [9.17, 15) is 18.0 Å². The molecule has 1 fully saturated rings. The highest BCUT2D eigenvalue weighted by Gasteiger charge is 2.30. The van der Waals surface area contributed by atoms with Crippen molar-refractivity contribution in [2.75, 3.05) is 31.6 Å². The van der Waals surface area contributed by atoms with E-state index in [4.69, 9.17) is 4.74 Å². The average molecular weight is 472 g/mol. The Hall–Kier alpha value is -3.17. The fourth-order valence-corrected chi connectivity index (χ4v) is 4.73. The summed E-state index contributed by atoms with van der Waals surface area (Å²) in [6.45, 7) is 2.83. The van der Waals surface area contributed by atoms with Crippen LogP contribution in [-0.2, 0) is 19.6 Å². The number of carbonyl (C=O) groups excluding carboxylic acids is 2. The van der Waals surface area contributed by atoms with Crippen LogP contribution in [0.1, 0.15) is 25.3 Å². The molecular weight excluding hydrogens is 442 g/mol. The highest BCUT2D eigenvalue weighted by Crippen LogP contribution is 2.21. The van der Waals surface area contributed by atoms with Gasteiger partial charge in [-0.15, -0.1) is 0 Å². The minimum Gasteiger partial charge on any atom is -0.494 e. The van der Waals surface area contributed by atoms with E-state index in [1.807, 2.05) is 37.3 Å². The van der Waals surface area contributed by atoms with Crippen molar-refractivity contribution in [2.45, 2.75) is 19.8 Å². The van der Waals surface area contributed by atoms with Crippen molar-refractivity contribution in [1.29, 1.82) is 0 Å². The third kappa shape index (κ3) is 7.44. The third-order valence-electron chi connectivity index (χ3n) is 5.29. The van der Waals surface area contributed by atoms with Crippen molar-refractivity contribution in [3.8, 4) is 5.75 Å². The smallest absolute Gasteiger partial charge is 0.243 e. The molecule has 0 bridgehead atoms. The van der Waals surface area contributed by atoms with Gasteiger partial charge < -0.3 is 15.4 Å². The highest BCUT2D eigenvalue weighted by atomic mass is 32.2. The van der Waals surface area contributed by atoms with Gasteiger partial charge in [0.05, 0.1) is 13.2 Å². The summed E-state index contributed by atoms with van der Waals surface area (Å²) >= 11 is 0. The lowest BCUT2D eigenvalue weighted by Crippen LogP contribution is -2.43. The summed E-state index contributed by atoms with van der Waals surface area (Å²) in [5, 5.41) is 6.57. The summed E-state index contributed by atoms with van der Waals surface area (Å²) in [6.07, 6.45) is 2.38. The van der Waals surface area contributed by atoms with E-state index in [1.54, 1.807) is 30.3 Å². The molecule has 33 heavy (non-hydrogen) atoms. The summed E-state index contributed by atoms with van der Waals surface area (Å²) < 4.78 is 31.9. The standard InChI is InChI=1S/C24H29N3O5S/c1-2-32-22-10-8-21(9-11-22)26-23(28)18-25-24(29)20-12-15-27(16-13-20)33(30,31)17-14-19-6-4-3-5-7-19/h3-11,14,17,20H,2,12-13,15-16,18H2,1H3,(H,25,29)(H,26,28)/b17-14+. The number of hydrogen-bond donors (Lipinski definition) is 2. The molecule has 0 aromatic heterocycles. The molecule has 2 aromatic rings. The summed E-state index contributed by atoms with van der Waals surface area (Å²) in [7, 11) is -3.55. The molecule has 1 aliphatic heterocycles. The summed E-state index contributed by atoms with van der Waals surface area (Å²) in [5.41, 5.74) is 1.42. The van der Waals surface area contributed by atoms with Crippen LogP contribution in [0.3, 0.4) is 0 Å². The second-order valence-corrected chi connectivity index (χ2v) is 9.47. The van der Waals surface area contributed by atoms with Crippen LogP contribution in [0.2, 0.25) is 0 Å². The quantitative estimate of drug-likeness (QED) is 0.585. The SMILES string of the molecule is CCOc1ccc(NC(=O)CNC(=O)C2CCN(S(=O)(=O)/C=C/c3ccccc3)CC2)cc1. The fourth-order valence-electron chi connectivity index (χ4n) is 3.51. The van der Waals surface area contributed by atoms with Crippen LogP contribution in [0.25, 0.3) is 6.08 Å². The number of sulfonamides is 1. The van der Waals surface area contributed by atoms with E-state index >= 15 is 0 Å². The first-order valence-corrected chi connectivity index (χ1v) is 12.4. The van der Waals surface area contributed by atoms with Gasteiger partial charge in [0.15, 0.2) is 0 Å². The molecule has 0 saturated carbocycles. The molecule has 2 N–H and O–H groups in total. The summed E-state index contributed by atoms with van der Waals surface area (Å²) in [6, 6.07) is 16.2. The van der Waals surface area contributed by atoms with Crippen LogP contribution >= 0.6 is 0 Å². The Morgan fingerprint density at radius 3 is 2.36 bits per heavy atom. The van der Waals surface area contributed by atoms with Gasteiger partial charge in [0, 0.05) is 30.1 Å². The number of nitrogens with one attached hydrogen (secondary N) is 2. The second kappa shape index (κ2) is 11.6. The molecule has 0 atom stereocenters. The molecule has 0 spiro atoms. The normalized spacial score (nSPS) is 15.3. The Morgan fingerprint density at radius 2 is 1.73 bits per heavy atom. The number of amides is 2. The van der Waals surface area contributed by atoms with Gasteiger partial charge in [0.25, 0.3) is 0 Å². The maximum Gasteiger partial charge on any atom is 0.243 e. The van der Waals surface area contributed by atoms with E-state index in [1.165, 1.54) is 9.71 Å². The monoisotopic (exact) mass is 471 g/mol. The molecule has 0 aliphatic carbocycles. The molecule has 9 heteroatoms. The van der Waals surface area contributed by atoms with Gasteiger partial charge in [0.2, 0.25) is 21.8 Å². The molecule has 2 amide bonds. The maximum atomic E-state index is 12.6. The molecule has 8 nitrogen and oxygen atoms in total. The fraction of sp³-hybridized carbons (Fsp3) is 0.333. The molecule has 2 aromatic carbocycles. The van der Waals surface area contributed by atoms with Crippen molar-refractivity contribution < 1.29 is 22.7 Å². The van der Waals surface area contributed by atoms with E-state index in [0.717, 1.165) is 5.56 Å². The van der Waals surface area contributed by atoms with Gasteiger partial charge in [-0.05, 0) is 55.7 Å². The number of nitrogens with zero attached hydrogens (tertiary/aromatic N) is 1. The predicted molar refractivity (Wildman–Crippen MR) is 128 cm³/mol. The number of anilines is 1. The average Bonchev–Trinajstić information content (AvgIpc) is 2.83. The predicted octanol–water partition coefficient (Wildman–Crippen LogP) is 2.85. The van der Waals surface area contributed by atoms with Gasteiger partial charge in [-0.1, -0.05) is 30.3 Å². The number of benzene rings is 2. The zero-order valence-corrected chi connectivity index (χ0v) is 19.4. The molecule has 1 aliphatic rings. The largest absolute Gasteiger partial charge is 0.494 e. The summed E-state index contributed by atoms with van der Waals surface area (Å²) in [4.78, 5) is 24.6. The van der Waals surface area contributed by atoms with Crippen LogP contribution in [0.5, 0.6) is 5.75 Å². The lowest BCUT2D eigenvalue weighted by Gasteiger charge is -2.29. The third-order valence-corrected chi connectivity index (χ3v) is 6.85. The number of carbonyl (C=O) groups is 2. The van der Waals surface area contributed by atoms with Crippen molar-refractivity contribution in [2.24, 2.45) is 5.92 Å². The Kier molecular flexibility index (Phi) is 8.62. The second-order valence-electron chi connectivity index (χ2n) is 7.66. The van der Waals surface area contributed by atoms with Crippen molar-refractivity contribution >= 4 is 33.6 Å². The maximum absolute atomic E-state index is 12.6. The van der Waals surface area contributed by atoms with Gasteiger partial charge in [-0.3, -0.25) is 9.59 Å². The van der Waals surface area contributed by atoms with Crippen molar-refractivity contribution in [3.63, 3.8) is 0 Å². The van der Waals surface area contributed by atoms with Crippen molar-refractivity contribution in [3.05, 3.63) is 65.6 Å². The van der Waals surface area contributed by atoms with Crippen molar-refractivity contribution in [1.82, 2.24) is 9.62 Å². The first-order valence-electron chi connectivity index (χ1n) is 10.9. The lowest BCUT2D eigenvalue weighted by molar-refractivity contribution is -0.128. The Labute approximate surface area is 194 Å². The van der Waals surface area contributed by atoms with Crippen LogP contribution in [0.4, 0.5) is 5.69 Å². The van der Waals surface area contributed by atoms with Gasteiger partial charge in [-0.2, -0.15) is 4.31 Å². The summed E-state index contributed by atoms with van der Waals surface area (Å²) in [5.74, 6) is -0.187. The number of rotatable bonds is 9. The van der Waals surface area contributed by atoms with E-state index in [-0.39, 0.29) is 37.4 Å². The first kappa shape index (κ1) is 24.5. The Morgan fingerprint density at radius 1 is 1.06 bits per heavy atom. The number of ether oxygens (including phenoxy) is 1. The topological polar surface area (TPSA) is 105 Å². The van der Waals surface area contributed by atoms with E-state index < -0.39 is 10.0 Å². The minimum atomic E-state index is -3.55. The number of hydrogen-bond acceptors (Lipinski definition) is 5. The first-order chi connectivity index (χ1) is 15.9. The lowest BCUT2D eigenvalue weighted by atomic mass is 9.97. The van der Waals surface area contributed by atoms with E-state index in [0.29, 0.717) is 30.9 Å². The van der Waals surface area contributed by atoms with Crippen LogP contribution in [0.15, 0.2) is 60.0 Å². The van der Waals surface area contributed by atoms with Gasteiger partial charge >= 0.3 is 0 Å². The van der Waals surface area contributed by atoms with Crippen LogP contribution in [-0.4, -0.2) is 50.8 Å². The van der Waals surface area contributed by atoms with Gasteiger partial charge in [-0.25, -0.2) is 8.42 Å². The van der Waals surface area contributed by atoms with Crippen LogP contribution in [0, 0.1) is 5.92 Å².